The van der Waals surface area contributed by atoms with E-state index in [1.807, 2.05) is 12.1 Å². The Hall–Kier alpha value is -1.55. The minimum Gasteiger partial charge on any atom is -0.408 e. The number of aliphatic hydroxyl groups excluding tert-OH is 1. The number of benzene rings is 1. The van der Waals surface area contributed by atoms with Crippen molar-refractivity contribution in [2.75, 3.05) is 0 Å². The standard InChI is InChI=1S/C13H17NO3/c1-9(2)5-6-14-11-4-3-10(8-15)7-12(11)17-13(14)16/h3-4,7,9,15H,5-6,8H2,1-2H3. The summed E-state index contributed by atoms with van der Waals surface area (Å²) in [6, 6.07) is 5.35. The van der Waals surface area contributed by atoms with Gasteiger partial charge in [0.25, 0.3) is 0 Å². The first-order valence-corrected chi connectivity index (χ1v) is 5.85. The minimum absolute atomic E-state index is 0.0448. The van der Waals surface area contributed by atoms with Gasteiger partial charge in [0.05, 0.1) is 12.1 Å². The van der Waals surface area contributed by atoms with Crippen LogP contribution in [0.3, 0.4) is 0 Å². The van der Waals surface area contributed by atoms with Crippen LogP contribution in [0.4, 0.5) is 0 Å². The van der Waals surface area contributed by atoms with Gasteiger partial charge in [0.1, 0.15) is 0 Å². The van der Waals surface area contributed by atoms with Crippen LogP contribution in [0.15, 0.2) is 27.4 Å². The third-order valence-electron chi connectivity index (χ3n) is 2.85. The normalized spacial score (nSPS) is 11.5. The maximum Gasteiger partial charge on any atom is 0.419 e. The van der Waals surface area contributed by atoms with Gasteiger partial charge in [0.15, 0.2) is 5.58 Å². The number of hydrogen-bond acceptors (Lipinski definition) is 3. The van der Waals surface area contributed by atoms with Gasteiger partial charge in [-0.25, -0.2) is 4.79 Å². The van der Waals surface area contributed by atoms with Gasteiger partial charge >= 0.3 is 5.76 Å². The number of nitrogens with zero attached hydrogens (tertiary/aromatic N) is 1. The zero-order chi connectivity index (χ0) is 12.4. The van der Waals surface area contributed by atoms with E-state index >= 15 is 0 Å². The number of fused-ring (bicyclic) bond motifs is 1. The van der Waals surface area contributed by atoms with Gasteiger partial charge in [-0.3, -0.25) is 4.57 Å². The first-order valence-electron chi connectivity index (χ1n) is 5.85. The molecule has 0 spiro atoms. The Bertz CT molecular complexity index is 566. The van der Waals surface area contributed by atoms with Crippen LogP contribution in [0.2, 0.25) is 0 Å². The molecule has 4 heteroatoms. The molecule has 2 rings (SSSR count). The Morgan fingerprint density at radius 3 is 2.82 bits per heavy atom. The summed E-state index contributed by atoms with van der Waals surface area (Å²) in [4.78, 5) is 11.7. The Labute approximate surface area is 99.5 Å². The summed E-state index contributed by atoms with van der Waals surface area (Å²) in [6.07, 6.45) is 0.941. The topological polar surface area (TPSA) is 55.4 Å². The van der Waals surface area contributed by atoms with E-state index in [1.165, 1.54) is 0 Å². The van der Waals surface area contributed by atoms with Crippen LogP contribution >= 0.6 is 0 Å². The third kappa shape index (κ3) is 2.42. The third-order valence-corrected chi connectivity index (χ3v) is 2.85. The maximum atomic E-state index is 11.7. The first kappa shape index (κ1) is 11.9. The van der Waals surface area contributed by atoms with Crippen LogP contribution in [-0.2, 0) is 13.2 Å². The van der Waals surface area contributed by atoms with Crippen molar-refractivity contribution < 1.29 is 9.52 Å². The zero-order valence-electron chi connectivity index (χ0n) is 10.1. The molecular formula is C13H17NO3. The Morgan fingerprint density at radius 1 is 1.41 bits per heavy atom. The molecule has 0 aliphatic rings. The summed E-state index contributed by atoms with van der Waals surface area (Å²) >= 11 is 0. The summed E-state index contributed by atoms with van der Waals surface area (Å²) in [6.45, 7) is 4.87. The van der Waals surface area contributed by atoms with Crippen LogP contribution in [0, 0.1) is 5.92 Å². The molecule has 1 heterocycles. The SMILES string of the molecule is CC(C)CCn1c(=O)oc2cc(CO)ccc21. The molecule has 1 N–H and O–H groups in total. The largest absolute Gasteiger partial charge is 0.419 e. The Kier molecular flexibility index (Phi) is 3.33. The second kappa shape index (κ2) is 4.75. The molecule has 0 radical (unpaired) electrons. The number of oxazole rings is 1. The van der Waals surface area contributed by atoms with E-state index in [-0.39, 0.29) is 12.4 Å². The van der Waals surface area contributed by atoms with Crippen LogP contribution < -0.4 is 5.76 Å². The molecule has 0 amide bonds. The number of rotatable bonds is 4. The van der Waals surface area contributed by atoms with Crippen molar-refractivity contribution in [2.45, 2.75) is 33.4 Å². The van der Waals surface area contributed by atoms with E-state index in [0.717, 1.165) is 17.5 Å². The van der Waals surface area contributed by atoms with E-state index in [1.54, 1.807) is 10.6 Å². The summed E-state index contributed by atoms with van der Waals surface area (Å²) < 4.78 is 6.82. The highest BCUT2D eigenvalue weighted by Crippen LogP contribution is 2.16. The molecule has 92 valence electrons. The van der Waals surface area contributed by atoms with Crippen molar-refractivity contribution in [3.8, 4) is 0 Å². The second-order valence-corrected chi connectivity index (χ2v) is 4.66. The van der Waals surface area contributed by atoms with Gasteiger partial charge in [-0.1, -0.05) is 19.9 Å². The molecule has 4 nitrogen and oxygen atoms in total. The fraction of sp³-hybridized carbons (Fsp3) is 0.462. The van der Waals surface area contributed by atoms with Crippen molar-refractivity contribution in [1.29, 1.82) is 0 Å². The number of aliphatic hydroxyl groups is 1. The van der Waals surface area contributed by atoms with E-state index in [0.29, 0.717) is 18.0 Å². The van der Waals surface area contributed by atoms with Crippen molar-refractivity contribution in [2.24, 2.45) is 5.92 Å². The predicted octanol–water partition coefficient (Wildman–Crippen LogP) is 2.13. The van der Waals surface area contributed by atoms with Gasteiger partial charge in [-0.2, -0.15) is 0 Å². The van der Waals surface area contributed by atoms with Gasteiger partial charge < -0.3 is 9.52 Å². The van der Waals surface area contributed by atoms with E-state index in [9.17, 15) is 4.79 Å². The molecule has 0 aliphatic carbocycles. The summed E-state index contributed by atoms with van der Waals surface area (Å²) in [5, 5.41) is 9.02. The van der Waals surface area contributed by atoms with Crippen molar-refractivity contribution in [3.63, 3.8) is 0 Å². The molecule has 0 saturated carbocycles. The average Bonchev–Trinajstić information content (AvgIpc) is 2.60. The Morgan fingerprint density at radius 2 is 2.18 bits per heavy atom. The molecule has 17 heavy (non-hydrogen) atoms. The van der Waals surface area contributed by atoms with Crippen molar-refractivity contribution >= 4 is 11.1 Å². The van der Waals surface area contributed by atoms with E-state index in [2.05, 4.69) is 13.8 Å². The molecule has 1 aromatic carbocycles. The molecule has 0 atom stereocenters. The Balaban J connectivity index is 2.42. The molecule has 0 aliphatic heterocycles. The highest BCUT2D eigenvalue weighted by molar-refractivity contribution is 5.73. The van der Waals surface area contributed by atoms with Crippen molar-refractivity contribution in [3.05, 3.63) is 34.3 Å². The molecule has 0 unspecified atom stereocenters. The fourth-order valence-electron chi connectivity index (χ4n) is 1.81. The van der Waals surface area contributed by atoms with E-state index in [4.69, 9.17) is 9.52 Å². The average molecular weight is 235 g/mol. The monoisotopic (exact) mass is 235 g/mol. The molecule has 1 aromatic heterocycles. The number of aromatic nitrogens is 1. The molecule has 2 aromatic rings. The lowest BCUT2D eigenvalue weighted by molar-refractivity contribution is 0.282. The van der Waals surface area contributed by atoms with Gasteiger partial charge in [-0.15, -0.1) is 0 Å². The van der Waals surface area contributed by atoms with Gasteiger partial charge in [0, 0.05) is 6.54 Å². The van der Waals surface area contributed by atoms with Crippen LogP contribution in [0.25, 0.3) is 11.1 Å². The molecule has 0 fully saturated rings. The van der Waals surface area contributed by atoms with E-state index < -0.39 is 0 Å². The lowest BCUT2D eigenvalue weighted by Gasteiger charge is -2.05. The second-order valence-electron chi connectivity index (χ2n) is 4.66. The molecular weight excluding hydrogens is 218 g/mol. The maximum absolute atomic E-state index is 11.7. The summed E-state index contributed by atoms with van der Waals surface area (Å²) in [5.41, 5.74) is 2.10. The zero-order valence-corrected chi connectivity index (χ0v) is 10.1. The van der Waals surface area contributed by atoms with Crippen LogP contribution in [0.1, 0.15) is 25.8 Å². The fourth-order valence-corrected chi connectivity index (χ4v) is 1.81. The lowest BCUT2D eigenvalue weighted by atomic mass is 10.1. The lowest BCUT2D eigenvalue weighted by Crippen LogP contribution is -2.15. The van der Waals surface area contributed by atoms with Crippen LogP contribution in [-0.4, -0.2) is 9.67 Å². The molecule has 0 saturated heterocycles. The highest BCUT2D eigenvalue weighted by Gasteiger charge is 2.09. The molecule has 0 bridgehead atoms. The first-order chi connectivity index (χ1) is 8.11. The summed E-state index contributed by atoms with van der Waals surface area (Å²) in [5.74, 6) is 0.222. The highest BCUT2D eigenvalue weighted by atomic mass is 16.4. The quantitative estimate of drug-likeness (QED) is 0.883. The van der Waals surface area contributed by atoms with Crippen molar-refractivity contribution in [1.82, 2.24) is 4.57 Å². The predicted molar refractivity (Wildman–Crippen MR) is 65.9 cm³/mol. The van der Waals surface area contributed by atoms with Gasteiger partial charge in [-0.05, 0) is 30.0 Å². The summed E-state index contributed by atoms with van der Waals surface area (Å²) in [7, 11) is 0. The minimum atomic E-state index is -0.323. The van der Waals surface area contributed by atoms with Crippen LogP contribution in [0.5, 0.6) is 0 Å². The number of aryl methyl sites for hydroxylation is 1. The smallest absolute Gasteiger partial charge is 0.408 e. The van der Waals surface area contributed by atoms with Gasteiger partial charge in [0.2, 0.25) is 0 Å². The number of hydrogen-bond donors (Lipinski definition) is 1.